The molecule has 1 aliphatic rings. The molecule has 1 atom stereocenters. The molecular weight excluding hydrogens is 377 g/mol. The van der Waals surface area contributed by atoms with Gasteiger partial charge in [0.1, 0.15) is 0 Å². The molecule has 0 unspecified atom stereocenters. The number of carbonyl (C=O) groups excluding carboxylic acids is 1. The van der Waals surface area contributed by atoms with Gasteiger partial charge in [-0.15, -0.1) is 0 Å². The molecule has 1 aliphatic heterocycles. The van der Waals surface area contributed by atoms with E-state index in [1.54, 1.807) is 36.4 Å². The number of nitrogens with one attached hydrogen (secondary N) is 1. The first-order valence-corrected chi connectivity index (χ1v) is 8.93. The maximum atomic E-state index is 12.7. The summed E-state index contributed by atoms with van der Waals surface area (Å²) in [6, 6.07) is 11.1. The van der Waals surface area contributed by atoms with Crippen molar-refractivity contribution in [1.82, 2.24) is 4.90 Å². The molecule has 1 N–H and O–H groups in total. The summed E-state index contributed by atoms with van der Waals surface area (Å²) in [7, 11) is 0. The molecule has 0 aromatic heterocycles. The Hall–Kier alpha value is -2.15. The molecule has 1 heterocycles. The first-order valence-electron chi connectivity index (χ1n) is 8.18. The zero-order valence-corrected chi connectivity index (χ0v) is 15.3. The molecule has 6 nitrogen and oxygen atoms in total. The van der Waals surface area contributed by atoms with Crippen molar-refractivity contribution in [3.63, 3.8) is 0 Å². The van der Waals surface area contributed by atoms with E-state index in [1.165, 1.54) is 6.07 Å². The number of nitro groups is 1. The monoisotopic (exact) mass is 393 g/mol. The lowest BCUT2D eigenvalue weighted by Crippen LogP contribution is -2.39. The lowest BCUT2D eigenvalue weighted by Gasteiger charge is -2.24. The quantitative estimate of drug-likeness (QED) is 0.598. The second-order valence-electron chi connectivity index (χ2n) is 6.13. The van der Waals surface area contributed by atoms with Crippen LogP contribution >= 0.6 is 23.2 Å². The molecule has 8 heteroatoms. The van der Waals surface area contributed by atoms with E-state index in [1.807, 2.05) is 4.90 Å². The average molecular weight is 394 g/mol. The van der Waals surface area contributed by atoms with E-state index < -0.39 is 4.92 Å². The van der Waals surface area contributed by atoms with Crippen molar-refractivity contribution in [2.75, 3.05) is 11.9 Å². The fraction of sp³-hybridized carbons (Fsp3) is 0.278. The minimum Gasteiger partial charge on any atom is -0.323 e. The minimum atomic E-state index is -0.397. The van der Waals surface area contributed by atoms with E-state index in [-0.39, 0.29) is 17.6 Å². The van der Waals surface area contributed by atoms with Gasteiger partial charge in [0.25, 0.3) is 5.69 Å². The van der Waals surface area contributed by atoms with Crippen molar-refractivity contribution >= 4 is 40.5 Å². The van der Waals surface area contributed by atoms with Gasteiger partial charge in [-0.05, 0) is 37.6 Å². The zero-order valence-electron chi connectivity index (χ0n) is 13.8. The number of nitro benzene ring substituents is 1. The fourth-order valence-corrected chi connectivity index (χ4v) is 3.50. The van der Waals surface area contributed by atoms with E-state index in [0.717, 1.165) is 6.42 Å². The predicted molar refractivity (Wildman–Crippen MR) is 102 cm³/mol. The highest BCUT2D eigenvalue weighted by Crippen LogP contribution is 2.28. The highest BCUT2D eigenvalue weighted by Gasteiger charge is 2.32. The normalized spacial score (nSPS) is 17.2. The summed E-state index contributed by atoms with van der Waals surface area (Å²) in [6.07, 6.45) is 1.53. The van der Waals surface area contributed by atoms with Crippen LogP contribution < -0.4 is 5.32 Å². The van der Waals surface area contributed by atoms with Crippen LogP contribution in [0.1, 0.15) is 18.4 Å². The van der Waals surface area contributed by atoms with Crippen molar-refractivity contribution in [2.24, 2.45) is 0 Å². The van der Waals surface area contributed by atoms with Gasteiger partial charge in [0, 0.05) is 23.2 Å². The molecule has 0 saturated carbocycles. The maximum Gasteiger partial charge on any atom is 0.273 e. The maximum absolute atomic E-state index is 12.7. The highest BCUT2D eigenvalue weighted by molar-refractivity contribution is 6.35. The second kappa shape index (κ2) is 8.03. The highest BCUT2D eigenvalue weighted by atomic mass is 35.5. The summed E-state index contributed by atoms with van der Waals surface area (Å²) in [4.78, 5) is 25.5. The summed E-state index contributed by atoms with van der Waals surface area (Å²) in [6.45, 7) is 1.05. The molecule has 0 bridgehead atoms. The van der Waals surface area contributed by atoms with Crippen LogP contribution in [0.15, 0.2) is 42.5 Å². The number of amides is 1. The molecule has 1 amide bonds. The van der Waals surface area contributed by atoms with Gasteiger partial charge in [0.15, 0.2) is 0 Å². The van der Waals surface area contributed by atoms with Crippen LogP contribution in [-0.4, -0.2) is 28.3 Å². The Kier molecular flexibility index (Phi) is 5.76. The molecule has 2 aromatic rings. The first kappa shape index (κ1) is 18.6. The molecule has 0 aliphatic carbocycles. The molecule has 26 heavy (non-hydrogen) atoms. The molecule has 0 radical (unpaired) electrons. The fourth-order valence-electron chi connectivity index (χ4n) is 3.16. The number of para-hydroxylation sites is 1. The summed E-state index contributed by atoms with van der Waals surface area (Å²) < 4.78 is 0. The Bertz CT molecular complexity index is 844. The lowest BCUT2D eigenvalue weighted by molar-refractivity contribution is -0.385. The van der Waals surface area contributed by atoms with Gasteiger partial charge in [0.05, 0.1) is 21.7 Å². The largest absolute Gasteiger partial charge is 0.323 e. The van der Waals surface area contributed by atoms with E-state index in [9.17, 15) is 14.9 Å². The zero-order chi connectivity index (χ0) is 18.7. The number of hydrogen-bond acceptors (Lipinski definition) is 4. The van der Waals surface area contributed by atoms with Crippen molar-refractivity contribution in [3.8, 4) is 0 Å². The topological polar surface area (TPSA) is 75.5 Å². The predicted octanol–water partition coefficient (Wildman–Crippen LogP) is 4.50. The van der Waals surface area contributed by atoms with Crippen LogP contribution in [0.3, 0.4) is 0 Å². The van der Waals surface area contributed by atoms with Crippen molar-refractivity contribution in [1.29, 1.82) is 0 Å². The average Bonchev–Trinajstić information content (AvgIpc) is 3.06. The Morgan fingerprint density at radius 2 is 2.04 bits per heavy atom. The van der Waals surface area contributed by atoms with Gasteiger partial charge in [0.2, 0.25) is 5.91 Å². The van der Waals surface area contributed by atoms with Crippen molar-refractivity contribution in [2.45, 2.75) is 25.4 Å². The third-order valence-electron chi connectivity index (χ3n) is 4.41. The number of anilines is 1. The summed E-state index contributed by atoms with van der Waals surface area (Å²) in [5.41, 5.74) is 1.12. The lowest BCUT2D eigenvalue weighted by atomic mass is 10.1. The Morgan fingerprint density at radius 1 is 1.27 bits per heavy atom. The number of rotatable bonds is 5. The van der Waals surface area contributed by atoms with Crippen LogP contribution in [0.25, 0.3) is 0 Å². The van der Waals surface area contributed by atoms with Gasteiger partial charge < -0.3 is 5.32 Å². The molecular formula is C18H17Cl2N3O3. The smallest absolute Gasteiger partial charge is 0.273 e. The van der Waals surface area contributed by atoms with E-state index in [2.05, 4.69) is 5.32 Å². The number of nitrogens with zero attached hydrogens (tertiary/aromatic N) is 2. The minimum absolute atomic E-state index is 0.0662. The summed E-state index contributed by atoms with van der Waals surface area (Å²) in [5.74, 6) is -0.190. The van der Waals surface area contributed by atoms with Gasteiger partial charge in [-0.25, -0.2) is 0 Å². The number of carbonyl (C=O) groups is 1. The van der Waals surface area contributed by atoms with Crippen molar-refractivity contribution < 1.29 is 9.72 Å². The number of hydrogen-bond donors (Lipinski definition) is 1. The number of halogens is 2. The molecule has 3 rings (SSSR count). The van der Waals surface area contributed by atoms with Crippen LogP contribution in [0, 0.1) is 10.1 Å². The van der Waals surface area contributed by atoms with Crippen LogP contribution in [0.2, 0.25) is 10.0 Å². The number of likely N-dealkylation sites (tertiary alicyclic amines) is 1. The summed E-state index contributed by atoms with van der Waals surface area (Å²) in [5, 5.41) is 14.9. The molecule has 1 saturated heterocycles. The van der Waals surface area contributed by atoms with Crippen molar-refractivity contribution in [3.05, 3.63) is 68.2 Å². The molecule has 136 valence electrons. The third kappa shape index (κ3) is 4.15. The van der Waals surface area contributed by atoms with Gasteiger partial charge in [-0.3, -0.25) is 19.8 Å². The van der Waals surface area contributed by atoms with E-state index in [0.29, 0.717) is 40.8 Å². The third-order valence-corrected chi connectivity index (χ3v) is 4.98. The Morgan fingerprint density at radius 3 is 2.81 bits per heavy atom. The van der Waals surface area contributed by atoms with Gasteiger partial charge in [-0.2, -0.15) is 0 Å². The van der Waals surface area contributed by atoms with Gasteiger partial charge in [-0.1, -0.05) is 41.4 Å². The van der Waals surface area contributed by atoms with Crippen LogP contribution in [0.5, 0.6) is 0 Å². The molecule has 1 fully saturated rings. The van der Waals surface area contributed by atoms with E-state index in [4.69, 9.17) is 23.2 Å². The van der Waals surface area contributed by atoms with E-state index >= 15 is 0 Å². The Labute approximate surface area is 160 Å². The van der Waals surface area contributed by atoms with Gasteiger partial charge >= 0.3 is 0 Å². The van der Waals surface area contributed by atoms with Crippen LogP contribution in [-0.2, 0) is 11.3 Å². The SMILES string of the molecule is O=C(Nc1cc(Cl)ccc1Cl)[C@H]1CCCN1Cc1ccccc1[N+](=O)[O-]. The molecule has 2 aromatic carbocycles. The second-order valence-corrected chi connectivity index (χ2v) is 6.97. The van der Waals surface area contributed by atoms with Crippen LogP contribution in [0.4, 0.5) is 11.4 Å². The number of benzene rings is 2. The Balaban J connectivity index is 1.75. The first-order chi connectivity index (χ1) is 12.5. The standard InChI is InChI=1S/C18H17Cl2N3O3/c19-13-7-8-14(20)15(10-13)21-18(24)17-6-3-9-22(17)11-12-4-1-2-5-16(12)23(25)26/h1-2,4-5,7-8,10,17H,3,6,9,11H2,(H,21,24)/t17-/m1/s1. The molecule has 0 spiro atoms. The summed E-state index contributed by atoms with van der Waals surface area (Å²) >= 11 is 12.1.